The van der Waals surface area contributed by atoms with E-state index in [-0.39, 0.29) is 18.0 Å². The third-order valence-corrected chi connectivity index (χ3v) is 1.98. The van der Waals surface area contributed by atoms with Crippen LogP contribution in [0.1, 0.15) is 52.9 Å². The fourth-order valence-electron chi connectivity index (χ4n) is 1.23. The molecule has 0 aromatic rings. The molecule has 0 aliphatic heterocycles. The average molecular weight is 215 g/mol. The molecule has 0 atom stereocenters. The van der Waals surface area contributed by atoms with Crippen molar-refractivity contribution in [1.82, 2.24) is 0 Å². The number of hydrogen-bond donors (Lipinski definition) is 0. The molecule has 0 amide bonds. The molecule has 3 nitrogen and oxygen atoms in total. The van der Waals surface area contributed by atoms with Crippen LogP contribution >= 0.6 is 0 Å². The molecule has 0 N–H and O–H groups in total. The lowest BCUT2D eigenvalue weighted by atomic mass is 9.92. The van der Waals surface area contributed by atoms with Gasteiger partial charge in [0.2, 0.25) is 0 Å². The molecule has 0 spiro atoms. The molecule has 0 fully saturated rings. The molecule has 89 valence electrons. The van der Waals surface area contributed by atoms with Gasteiger partial charge in [0, 0.05) is 0 Å². The van der Waals surface area contributed by atoms with Gasteiger partial charge in [-0.2, -0.15) is 0 Å². The lowest BCUT2D eigenvalue weighted by Gasteiger charge is -2.16. The maximum atomic E-state index is 11.3. The van der Waals surface area contributed by atoms with Crippen LogP contribution in [-0.2, 0) is 14.6 Å². The standard InChI is InChI=1S/C12H23O3/c1-12(2,3)10-11(14)15-9-7-5-4-6-8-13/h4-10H2,1-3H3. The molecule has 0 bridgehead atoms. The highest BCUT2D eigenvalue weighted by Gasteiger charge is 2.16. The smallest absolute Gasteiger partial charge is 0.306 e. The molecule has 0 saturated heterocycles. The van der Waals surface area contributed by atoms with Gasteiger partial charge in [-0.3, -0.25) is 4.79 Å². The molecule has 0 heterocycles. The predicted molar refractivity (Wildman–Crippen MR) is 59.1 cm³/mol. The van der Waals surface area contributed by atoms with Gasteiger partial charge >= 0.3 is 5.97 Å². The van der Waals surface area contributed by atoms with E-state index in [4.69, 9.17) is 4.74 Å². The summed E-state index contributed by atoms with van der Waals surface area (Å²) in [5, 5.41) is 10.1. The SMILES string of the molecule is CC(C)(C)CC(=O)OCCCCCC[O]. The highest BCUT2D eigenvalue weighted by Crippen LogP contribution is 2.18. The lowest BCUT2D eigenvalue weighted by molar-refractivity contribution is -0.145. The molecule has 3 heteroatoms. The first kappa shape index (κ1) is 14.4. The van der Waals surface area contributed by atoms with Gasteiger partial charge in [0.05, 0.1) is 19.6 Å². The van der Waals surface area contributed by atoms with E-state index in [1.54, 1.807) is 0 Å². The van der Waals surface area contributed by atoms with Gasteiger partial charge in [0.25, 0.3) is 0 Å². The van der Waals surface area contributed by atoms with Gasteiger partial charge in [-0.25, -0.2) is 5.11 Å². The van der Waals surface area contributed by atoms with Crippen molar-refractivity contribution in [2.24, 2.45) is 5.41 Å². The van der Waals surface area contributed by atoms with Crippen molar-refractivity contribution in [2.45, 2.75) is 52.9 Å². The average Bonchev–Trinajstić information content (AvgIpc) is 2.08. The first-order valence-corrected chi connectivity index (χ1v) is 5.69. The van der Waals surface area contributed by atoms with Crippen LogP contribution in [0.5, 0.6) is 0 Å². The molecule has 15 heavy (non-hydrogen) atoms. The highest BCUT2D eigenvalue weighted by molar-refractivity contribution is 5.70. The normalized spacial score (nSPS) is 11.5. The Morgan fingerprint density at radius 1 is 1.07 bits per heavy atom. The Hall–Kier alpha value is -0.570. The summed E-state index contributed by atoms with van der Waals surface area (Å²) in [5.41, 5.74) is -0.000356. The number of rotatable bonds is 7. The Labute approximate surface area is 92.8 Å². The van der Waals surface area contributed by atoms with Crippen molar-refractivity contribution < 1.29 is 14.6 Å². The molecule has 0 saturated carbocycles. The van der Waals surface area contributed by atoms with E-state index >= 15 is 0 Å². The Balaban J connectivity index is 3.32. The maximum absolute atomic E-state index is 11.3. The predicted octanol–water partition coefficient (Wildman–Crippen LogP) is 2.96. The van der Waals surface area contributed by atoms with Gasteiger partial charge < -0.3 is 4.74 Å². The Kier molecular flexibility index (Phi) is 7.39. The minimum Gasteiger partial charge on any atom is -0.466 e. The Bertz CT molecular complexity index is 170. The first-order chi connectivity index (χ1) is 6.95. The molecule has 0 aliphatic rings. The zero-order valence-corrected chi connectivity index (χ0v) is 10.2. The number of carbonyl (C=O) groups is 1. The molecular formula is C12H23O3. The number of ether oxygens (including phenoxy) is 1. The fraction of sp³-hybridized carbons (Fsp3) is 0.917. The van der Waals surface area contributed by atoms with Gasteiger partial charge in [-0.1, -0.05) is 27.2 Å². The monoisotopic (exact) mass is 215 g/mol. The second kappa shape index (κ2) is 7.69. The minimum atomic E-state index is -0.119. The molecule has 0 aliphatic carbocycles. The summed E-state index contributed by atoms with van der Waals surface area (Å²) in [4.78, 5) is 11.3. The van der Waals surface area contributed by atoms with E-state index < -0.39 is 0 Å². The van der Waals surface area contributed by atoms with Crippen LogP contribution in [-0.4, -0.2) is 19.2 Å². The summed E-state index contributed by atoms with van der Waals surface area (Å²) in [6.07, 6.45) is 3.99. The summed E-state index contributed by atoms with van der Waals surface area (Å²) >= 11 is 0. The molecule has 1 radical (unpaired) electrons. The maximum Gasteiger partial charge on any atom is 0.306 e. The second-order valence-corrected chi connectivity index (χ2v) is 5.08. The van der Waals surface area contributed by atoms with Crippen molar-refractivity contribution >= 4 is 5.97 Å². The minimum absolute atomic E-state index is 0.000356. The van der Waals surface area contributed by atoms with Gasteiger partial charge in [-0.15, -0.1) is 0 Å². The van der Waals surface area contributed by atoms with Gasteiger partial charge in [-0.05, 0) is 24.7 Å². The highest BCUT2D eigenvalue weighted by atomic mass is 16.5. The number of carbonyl (C=O) groups excluding carboxylic acids is 1. The molecule has 0 unspecified atom stereocenters. The topological polar surface area (TPSA) is 46.2 Å². The zero-order valence-electron chi connectivity index (χ0n) is 10.2. The van der Waals surface area contributed by atoms with Crippen LogP contribution in [0.15, 0.2) is 0 Å². The van der Waals surface area contributed by atoms with Crippen LogP contribution in [0.4, 0.5) is 0 Å². The molecule has 0 rings (SSSR count). The second-order valence-electron chi connectivity index (χ2n) is 5.08. The van der Waals surface area contributed by atoms with E-state index in [1.165, 1.54) is 0 Å². The van der Waals surface area contributed by atoms with Gasteiger partial charge in [0.15, 0.2) is 0 Å². The van der Waals surface area contributed by atoms with Crippen molar-refractivity contribution in [3.05, 3.63) is 0 Å². The summed E-state index contributed by atoms with van der Waals surface area (Å²) in [6.45, 7) is 6.55. The van der Waals surface area contributed by atoms with Crippen LogP contribution in [0.2, 0.25) is 0 Å². The van der Waals surface area contributed by atoms with Crippen LogP contribution in [0.3, 0.4) is 0 Å². The van der Waals surface area contributed by atoms with Gasteiger partial charge in [0.1, 0.15) is 0 Å². The molecule has 0 aromatic carbocycles. The molecular weight excluding hydrogens is 192 g/mol. The van der Waals surface area contributed by atoms with E-state index in [2.05, 4.69) is 0 Å². The van der Waals surface area contributed by atoms with Crippen LogP contribution in [0.25, 0.3) is 0 Å². The Morgan fingerprint density at radius 3 is 2.20 bits per heavy atom. The van der Waals surface area contributed by atoms with Crippen molar-refractivity contribution in [3.8, 4) is 0 Å². The van der Waals surface area contributed by atoms with Crippen molar-refractivity contribution in [1.29, 1.82) is 0 Å². The third-order valence-electron chi connectivity index (χ3n) is 1.98. The van der Waals surface area contributed by atoms with Crippen molar-refractivity contribution in [2.75, 3.05) is 13.2 Å². The van der Waals surface area contributed by atoms with Crippen LogP contribution in [0, 0.1) is 5.41 Å². The lowest BCUT2D eigenvalue weighted by Crippen LogP contribution is -2.15. The van der Waals surface area contributed by atoms with E-state index in [0.717, 1.165) is 25.7 Å². The summed E-state index contributed by atoms with van der Waals surface area (Å²) < 4.78 is 5.08. The summed E-state index contributed by atoms with van der Waals surface area (Å²) in [6, 6.07) is 0. The van der Waals surface area contributed by atoms with E-state index in [1.807, 2.05) is 20.8 Å². The Morgan fingerprint density at radius 2 is 1.67 bits per heavy atom. The number of unbranched alkanes of at least 4 members (excludes halogenated alkanes) is 3. The molecule has 0 aromatic heterocycles. The van der Waals surface area contributed by atoms with Crippen LogP contribution < -0.4 is 0 Å². The summed E-state index contributed by atoms with van der Waals surface area (Å²) in [7, 11) is 0. The summed E-state index contributed by atoms with van der Waals surface area (Å²) in [5.74, 6) is -0.119. The largest absolute Gasteiger partial charge is 0.466 e. The number of esters is 1. The third kappa shape index (κ3) is 11.4. The zero-order chi connectivity index (χ0) is 11.7. The number of hydrogen-bond acceptors (Lipinski definition) is 2. The van der Waals surface area contributed by atoms with E-state index in [0.29, 0.717) is 13.0 Å². The fourth-order valence-corrected chi connectivity index (χ4v) is 1.23. The first-order valence-electron chi connectivity index (χ1n) is 5.69. The van der Waals surface area contributed by atoms with E-state index in [9.17, 15) is 9.90 Å². The quantitative estimate of drug-likeness (QED) is 0.484. The van der Waals surface area contributed by atoms with Crippen molar-refractivity contribution in [3.63, 3.8) is 0 Å².